The fourth-order valence-corrected chi connectivity index (χ4v) is 7.12. The lowest BCUT2D eigenvalue weighted by atomic mass is 9.90. The number of carbonyl (C=O) groups excluding carboxylic acids is 4. The van der Waals surface area contributed by atoms with Crippen molar-refractivity contribution < 1.29 is 29.4 Å². The zero-order valence-corrected chi connectivity index (χ0v) is 37.7. The normalized spacial score (nSPS) is 14.9. The van der Waals surface area contributed by atoms with Crippen LogP contribution in [0.4, 0.5) is 0 Å². The van der Waals surface area contributed by atoms with Crippen LogP contribution in [0, 0.1) is 11.8 Å². The lowest BCUT2D eigenvalue weighted by molar-refractivity contribution is -0.133. The zero-order valence-electron chi connectivity index (χ0n) is 36.1. The number of benzene rings is 4. The Morgan fingerprint density at radius 3 is 1.00 bits per heavy atom. The first-order chi connectivity index (χ1) is 28.7. The van der Waals surface area contributed by atoms with Gasteiger partial charge >= 0.3 is 0 Å². The van der Waals surface area contributed by atoms with Crippen molar-refractivity contribution in [3.8, 4) is 0 Å². The predicted octanol–water partition coefficient (Wildman–Crippen LogP) is 4.21. The van der Waals surface area contributed by atoms with Gasteiger partial charge in [0.1, 0.15) is 24.3 Å². The molecule has 8 atom stereocenters. The quantitative estimate of drug-likeness (QED) is 0.0540. The third kappa shape index (κ3) is 17.2. The van der Waals surface area contributed by atoms with Crippen molar-refractivity contribution in [3.05, 3.63) is 144 Å². The van der Waals surface area contributed by atoms with E-state index < -0.39 is 72.1 Å². The number of halogens is 2. The van der Waals surface area contributed by atoms with Crippen LogP contribution in [-0.2, 0) is 44.9 Å². The molecule has 0 aromatic heterocycles. The summed E-state index contributed by atoms with van der Waals surface area (Å²) in [6, 6.07) is 32.0. The smallest absolute Gasteiger partial charge is 0.243 e. The lowest BCUT2D eigenvalue weighted by Crippen LogP contribution is -2.61. The van der Waals surface area contributed by atoms with Crippen LogP contribution in [-0.4, -0.2) is 82.3 Å². The van der Waals surface area contributed by atoms with Crippen LogP contribution in [0.15, 0.2) is 121 Å². The van der Waals surface area contributed by atoms with Gasteiger partial charge in [-0.25, -0.2) is 0 Å². The first-order valence-electron chi connectivity index (χ1n) is 21.0. The number of nitrogens with two attached hydrogens (primary N) is 2. The van der Waals surface area contributed by atoms with Gasteiger partial charge in [-0.1, -0.05) is 149 Å². The monoisotopic (exact) mass is 892 g/mol. The molecule has 0 aliphatic rings. The second-order valence-electron chi connectivity index (χ2n) is 16.3. The summed E-state index contributed by atoms with van der Waals surface area (Å²) in [5.41, 5.74) is 16.2. The highest BCUT2D eigenvalue weighted by atomic mass is 35.5. The van der Waals surface area contributed by atoms with Gasteiger partial charge in [0.05, 0.1) is 24.2 Å². The minimum atomic E-state index is -1.56. The molecule has 0 saturated carbocycles. The predicted molar refractivity (Wildman–Crippen MR) is 250 cm³/mol. The van der Waals surface area contributed by atoms with E-state index in [9.17, 15) is 29.4 Å². The molecular formula is C48H66Cl2N6O6. The molecule has 0 radical (unpaired) electrons. The van der Waals surface area contributed by atoms with Crippen LogP contribution < -0.4 is 32.7 Å². The van der Waals surface area contributed by atoms with Crippen molar-refractivity contribution in [2.45, 2.75) is 115 Å². The van der Waals surface area contributed by atoms with Gasteiger partial charge in [0, 0.05) is 0 Å². The number of aliphatic hydroxyl groups excluding tert-OH is 2. The number of nitrogens with one attached hydrogen (secondary N) is 4. The van der Waals surface area contributed by atoms with Crippen LogP contribution >= 0.6 is 24.8 Å². The maximum absolute atomic E-state index is 14.1. The van der Waals surface area contributed by atoms with Gasteiger partial charge < -0.3 is 42.9 Å². The van der Waals surface area contributed by atoms with Gasteiger partial charge in [-0.15, -0.1) is 24.8 Å². The van der Waals surface area contributed by atoms with Gasteiger partial charge in [0.2, 0.25) is 23.6 Å². The van der Waals surface area contributed by atoms with Gasteiger partial charge in [-0.05, 0) is 72.6 Å². The third-order valence-corrected chi connectivity index (χ3v) is 10.8. The van der Waals surface area contributed by atoms with Crippen molar-refractivity contribution in [2.75, 3.05) is 0 Å². The molecule has 0 unspecified atom stereocenters. The number of carbonyl (C=O) groups is 4. The number of hydrogen-bond donors (Lipinski definition) is 8. The van der Waals surface area contributed by atoms with Crippen LogP contribution in [0.3, 0.4) is 0 Å². The fourth-order valence-electron chi connectivity index (χ4n) is 7.12. The highest BCUT2D eigenvalue weighted by molar-refractivity contribution is 5.91. The Bertz CT molecular complexity index is 1770. The first-order valence-corrected chi connectivity index (χ1v) is 21.0. The average Bonchev–Trinajstić information content (AvgIpc) is 3.25. The Morgan fingerprint density at radius 2 is 0.726 bits per heavy atom. The Labute approximate surface area is 379 Å². The first kappa shape index (κ1) is 53.3. The van der Waals surface area contributed by atoms with Crippen LogP contribution in [0.1, 0.15) is 62.8 Å². The molecule has 0 bridgehead atoms. The van der Waals surface area contributed by atoms with Crippen molar-refractivity contribution in [1.29, 1.82) is 0 Å². The Hall–Kier alpha value is -4.82. The van der Waals surface area contributed by atoms with Crippen molar-refractivity contribution in [1.82, 2.24) is 21.3 Å². The number of hydrogen-bond acceptors (Lipinski definition) is 8. The summed E-state index contributed by atoms with van der Waals surface area (Å²) in [6.07, 6.45) is -1.22. The van der Waals surface area contributed by atoms with E-state index >= 15 is 0 Å². The van der Waals surface area contributed by atoms with E-state index in [1.165, 1.54) is 0 Å². The summed E-state index contributed by atoms with van der Waals surface area (Å²) in [7, 11) is 0. The van der Waals surface area contributed by atoms with E-state index in [0.29, 0.717) is 12.8 Å². The SMILES string of the molecule is CC(C)[C@H](NC(=O)[C@@H](N)Cc1ccccc1)C(=O)N[C@@H](CCc1ccccc1)[C@@H](O)[C@H](O)[C@H](CCc1ccccc1)NC(=O)[C@@H](NC(=O)[C@@H](N)Cc1ccccc1)C(C)C.Cl.Cl. The van der Waals surface area contributed by atoms with Gasteiger partial charge in [-0.2, -0.15) is 0 Å². The zero-order chi connectivity index (χ0) is 43.6. The highest BCUT2D eigenvalue weighted by Crippen LogP contribution is 2.18. The van der Waals surface area contributed by atoms with Crippen molar-refractivity contribution in [2.24, 2.45) is 23.3 Å². The molecule has 0 aliphatic heterocycles. The molecule has 0 aliphatic carbocycles. The maximum atomic E-state index is 14.1. The van der Waals surface area contributed by atoms with Gasteiger partial charge in [0.15, 0.2) is 0 Å². The average molecular weight is 894 g/mol. The molecule has 0 saturated heterocycles. The number of aliphatic hydroxyl groups is 2. The fraction of sp³-hybridized carbons (Fsp3) is 0.417. The lowest BCUT2D eigenvalue weighted by Gasteiger charge is -2.35. The minimum absolute atomic E-state index is 0. The van der Waals surface area contributed by atoms with Gasteiger partial charge in [0.25, 0.3) is 0 Å². The largest absolute Gasteiger partial charge is 0.388 e. The number of aryl methyl sites for hydroxylation is 2. The molecule has 0 spiro atoms. The minimum Gasteiger partial charge on any atom is -0.388 e. The molecule has 4 amide bonds. The summed E-state index contributed by atoms with van der Waals surface area (Å²) in [6.45, 7) is 7.19. The number of rotatable bonds is 23. The molecule has 0 heterocycles. The molecule has 338 valence electrons. The standard InChI is InChI=1S/C48H64N6O6.2ClH/c1-31(2)41(53-45(57)37(49)29-35-21-13-7-14-22-35)47(59)51-39(27-25-33-17-9-5-10-18-33)43(55)44(56)40(28-26-34-19-11-6-12-20-34)52-48(60)42(32(3)4)54-46(58)38(50)30-36-23-15-8-16-24-36;;/h5-24,31-32,37-44,55-56H,25-30,49-50H2,1-4H3,(H,51,59)(H,52,60)(H,53,57)(H,54,58);2*1H/t37-,38-,39-,40-,41-,42-,43+,44+;;/m0../s1. The summed E-state index contributed by atoms with van der Waals surface area (Å²) >= 11 is 0. The second kappa shape index (κ2) is 27.3. The molecule has 4 aromatic carbocycles. The van der Waals surface area contributed by atoms with Crippen LogP contribution in [0.25, 0.3) is 0 Å². The molecular weight excluding hydrogens is 827 g/mol. The van der Waals surface area contributed by atoms with E-state index in [-0.39, 0.29) is 62.3 Å². The summed E-state index contributed by atoms with van der Waals surface area (Å²) < 4.78 is 0. The van der Waals surface area contributed by atoms with E-state index in [1.54, 1.807) is 27.7 Å². The Kier molecular flexibility index (Phi) is 23.5. The Balaban J connectivity index is 0.00000661. The molecule has 4 aromatic rings. The molecule has 14 heteroatoms. The molecule has 62 heavy (non-hydrogen) atoms. The highest BCUT2D eigenvalue weighted by Gasteiger charge is 2.37. The van der Waals surface area contributed by atoms with E-state index in [1.807, 2.05) is 121 Å². The Morgan fingerprint density at radius 1 is 0.452 bits per heavy atom. The molecule has 12 nitrogen and oxygen atoms in total. The topological polar surface area (TPSA) is 209 Å². The van der Waals surface area contributed by atoms with E-state index in [2.05, 4.69) is 21.3 Å². The van der Waals surface area contributed by atoms with Gasteiger partial charge in [-0.3, -0.25) is 19.2 Å². The molecule has 0 fully saturated rings. The van der Waals surface area contributed by atoms with E-state index in [0.717, 1.165) is 22.3 Å². The summed E-state index contributed by atoms with van der Waals surface area (Å²) in [5.74, 6) is -2.78. The van der Waals surface area contributed by atoms with E-state index in [4.69, 9.17) is 11.5 Å². The van der Waals surface area contributed by atoms with Crippen LogP contribution in [0.5, 0.6) is 0 Å². The number of amides is 4. The maximum Gasteiger partial charge on any atom is 0.243 e. The summed E-state index contributed by atoms with van der Waals surface area (Å²) in [4.78, 5) is 54.7. The molecule has 10 N–H and O–H groups in total. The van der Waals surface area contributed by atoms with Crippen LogP contribution in [0.2, 0.25) is 0 Å². The third-order valence-electron chi connectivity index (χ3n) is 10.8. The molecule has 4 rings (SSSR count). The van der Waals surface area contributed by atoms with Crippen molar-refractivity contribution in [3.63, 3.8) is 0 Å². The second-order valence-corrected chi connectivity index (χ2v) is 16.3. The summed E-state index contributed by atoms with van der Waals surface area (Å²) in [5, 5.41) is 35.6. The van der Waals surface area contributed by atoms with Crippen molar-refractivity contribution >= 4 is 48.4 Å².